The van der Waals surface area contributed by atoms with Crippen LogP contribution in [0, 0.1) is 19.8 Å². The fraction of sp³-hybridized carbons (Fsp3) is 0.316. The second-order valence-corrected chi connectivity index (χ2v) is 6.17. The molecule has 1 aliphatic carbocycles. The van der Waals surface area contributed by atoms with Crippen molar-refractivity contribution in [1.82, 2.24) is 10.2 Å². The lowest BCUT2D eigenvalue weighted by atomic mass is 9.98. The van der Waals surface area contributed by atoms with E-state index in [4.69, 9.17) is 0 Å². The number of aromatic amines is 1. The summed E-state index contributed by atoms with van der Waals surface area (Å²) in [6.07, 6.45) is 5.33. The Morgan fingerprint density at radius 2 is 2.08 bits per heavy atom. The number of aryl methyl sites for hydroxylation is 2. The Bertz CT molecular complexity index is 786. The summed E-state index contributed by atoms with van der Waals surface area (Å²) in [6, 6.07) is 4.37. The molecule has 0 unspecified atom stereocenters. The highest BCUT2D eigenvalue weighted by molar-refractivity contribution is 5.77. The fourth-order valence-electron chi connectivity index (χ4n) is 3.10. The SMILES string of the molecule is Cc1n[nH]c(C)c1CC[C@H]1C=CC(c2ccc(O)c(C(F)F)c2)=C1. The first-order valence-electron chi connectivity index (χ1n) is 7.97. The number of benzene rings is 1. The summed E-state index contributed by atoms with van der Waals surface area (Å²) in [6.45, 7) is 4.01. The lowest BCUT2D eigenvalue weighted by molar-refractivity contribution is 0.147. The van der Waals surface area contributed by atoms with Crippen molar-refractivity contribution >= 4 is 5.57 Å². The van der Waals surface area contributed by atoms with E-state index in [0.717, 1.165) is 29.8 Å². The largest absolute Gasteiger partial charge is 0.507 e. The van der Waals surface area contributed by atoms with E-state index in [2.05, 4.69) is 22.3 Å². The lowest BCUT2D eigenvalue weighted by Crippen LogP contribution is -1.96. The summed E-state index contributed by atoms with van der Waals surface area (Å²) in [5.41, 5.74) is 4.67. The van der Waals surface area contributed by atoms with Crippen LogP contribution in [0.4, 0.5) is 8.78 Å². The number of H-pyrrole nitrogens is 1. The third kappa shape index (κ3) is 3.25. The number of alkyl halides is 2. The number of nitrogens with zero attached hydrogens (tertiary/aromatic N) is 1. The summed E-state index contributed by atoms with van der Waals surface area (Å²) in [5.74, 6) is -0.0868. The number of aromatic nitrogens is 2. The molecule has 0 fully saturated rings. The molecule has 5 heteroatoms. The molecular weight excluding hydrogens is 310 g/mol. The van der Waals surface area contributed by atoms with Crippen molar-refractivity contribution in [2.75, 3.05) is 0 Å². The molecule has 3 nitrogen and oxygen atoms in total. The minimum Gasteiger partial charge on any atom is -0.507 e. The van der Waals surface area contributed by atoms with Gasteiger partial charge < -0.3 is 5.11 Å². The van der Waals surface area contributed by atoms with Crippen molar-refractivity contribution in [3.05, 3.63) is 64.5 Å². The van der Waals surface area contributed by atoms with Crippen molar-refractivity contribution in [3.63, 3.8) is 0 Å². The highest BCUT2D eigenvalue weighted by Gasteiger charge is 2.17. The summed E-state index contributed by atoms with van der Waals surface area (Å²) in [7, 11) is 0. The number of halogens is 2. The second kappa shape index (κ2) is 6.59. The van der Waals surface area contributed by atoms with E-state index in [1.165, 1.54) is 17.7 Å². The highest BCUT2D eigenvalue weighted by Crippen LogP contribution is 2.34. The van der Waals surface area contributed by atoms with Crippen LogP contribution in [-0.4, -0.2) is 15.3 Å². The standard InChI is InChI=1S/C19H20F2N2O/c1-11-16(12(2)23-22-11)7-4-13-3-5-14(9-13)15-6-8-18(24)17(10-15)19(20)21/h3,5-6,8-10,13,19,24H,4,7H2,1-2H3,(H,22,23)/t13-/m1/s1. The molecule has 0 radical (unpaired) electrons. The summed E-state index contributed by atoms with van der Waals surface area (Å²) in [4.78, 5) is 0. The molecule has 24 heavy (non-hydrogen) atoms. The van der Waals surface area contributed by atoms with Gasteiger partial charge in [0, 0.05) is 5.69 Å². The zero-order chi connectivity index (χ0) is 17.3. The molecule has 2 aromatic rings. The zero-order valence-electron chi connectivity index (χ0n) is 13.7. The number of allylic oxidation sites excluding steroid dienone is 4. The van der Waals surface area contributed by atoms with Crippen LogP contribution >= 0.6 is 0 Å². The number of nitrogens with one attached hydrogen (secondary N) is 1. The maximum atomic E-state index is 12.9. The fourth-order valence-corrected chi connectivity index (χ4v) is 3.10. The lowest BCUT2D eigenvalue weighted by Gasteiger charge is -2.08. The Balaban J connectivity index is 1.72. The third-order valence-corrected chi connectivity index (χ3v) is 4.52. The summed E-state index contributed by atoms with van der Waals surface area (Å²) >= 11 is 0. The first-order valence-corrected chi connectivity index (χ1v) is 7.97. The monoisotopic (exact) mass is 330 g/mol. The van der Waals surface area contributed by atoms with E-state index < -0.39 is 6.43 Å². The first kappa shape index (κ1) is 16.4. The molecule has 0 saturated carbocycles. The number of hydrogen-bond donors (Lipinski definition) is 2. The van der Waals surface area contributed by atoms with Crippen LogP contribution in [0.5, 0.6) is 5.75 Å². The van der Waals surface area contributed by atoms with Crippen molar-refractivity contribution in [2.45, 2.75) is 33.1 Å². The first-order chi connectivity index (χ1) is 11.5. The smallest absolute Gasteiger partial charge is 0.267 e. The second-order valence-electron chi connectivity index (χ2n) is 6.17. The van der Waals surface area contributed by atoms with Gasteiger partial charge in [0.15, 0.2) is 0 Å². The normalized spacial score (nSPS) is 16.9. The molecule has 0 amide bonds. The van der Waals surface area contributed by atoms with Crippen LogP contribution in [-0.2, 0) is 6.42 Å². The molecule has 126 valence electrons. The quantitative estimate of drug-likeness (QED) is 0.821. The van der Waals surface area contributed by atoms with Gasteiger partial charge in [-0.1, -0.05) is 24.3 Å². The van der Waals surface area contributed by atoms with Gasteiger partial charge in [-0.25, -0.2) is 8.78 Å². The van der Waals surface area contributed by atoms with Crippen LogP contribution in [0.15, 0.2) is 36.4 Å². The Morgan fingerprint density at radius 1 is 1.29 bits per heavy atom. The van der Waals surface area contributed by atoms with Crippen molar-refractivity contribution in [2.24, 2.45) is 5.92 Å². The van der Waals surface area contributed by atoms with Gasteiger partial charge in [-0.2, -0.15) is 5.10 Å². The van der Waals surface area contributed by atoms with Gasteiger partial charge in [0.05, 0.1) is 11.3 Å². The zero-order valence-corrected chi connectivity index (χ0v) is 13.7. The van der Waals surface area contributed by atoms with Gasteiger partial charge in [-0.05, 0) is 61.4 Å². The van der Waals surface area contributed by atoms with Crippen LogP contribution in [0.25, 0.3) is 5.57 Å². The summed E-state index contributed by atoms with van der Waals surface area (Å²) in [5, 5.41) is 16.7. The Kier molecular flexibility index (Phi) is 4.51. The van der Waals surface area contributed by atoms with E-state index in [1.807, 2.05) is 19.9 Å². The van der Waals surface area contributed by atoms with Gasteiger partial charge in [0.1, 0.15) is 5.75 Å². The molecule has 0 bridgehead atoms. The maximum Gasteiger partial charge on any atom is 0.267 e. The van der Waals surface area contributed by atoms with E-state index in [0.29, 0.717) is 5.56 Å². The Hall–Kier alpha value is -2.43. The van der Waals surface area contributed by atoms with E-state index in [1.54, 1.807) is 6.07 Å². The molecule has 1 aromatic heterocycles. The van der Waals surface area contributed by atoms with E-state index in [-0.39, 0.29) is 17.2 Å². The van der Waals surface area contributed by atoms with Crippen molar-refractivity contribution in [1.29, 1.82) is 0 Å². The summed E-state index contributed by atoms with van der Waals surface area (Å²) < 4.78 is 25.8. The van der Waals surface area contributed by atoms with E-state index >= 15 is 0 Å². The van der Waals surface area contributed by atoms with Crippen molar-refractivity contribution < 1.29 is 13.9 Å². The molecule has 2 N–H and O–H groups in total. The van der Waals surface area contributed by atoms with Gasteiger partial charge in [0.25, 0.3) is 6.43 Å². The highest BCUT2D eigenvalue weighted by atomic mass is 19.3. The number of aromatic hydroxyl groups is 1. The minimum absolute atomic E-state index is 0.275. The average molecular weight is 330 g/mol. The molecule has 0 aliphatic heterocycles. The number of phenolic OH excluding ortho intramolecular Hbond substituents is 1. The topological polar surface area (TPSA) is 48.9 Å². The van der Waals surface area contributed by atoms with Crippen LogP contribution in [0.2, 0.25) is 0 Å². The van der Waals surface area contributed by atoms with E-state index in [9.17, 15) is 13.9 Å². The number of hydrogen-bond acceptors (Lipinski definition) is 2. The van der Waals surface area contributed by atoms with Crippen LogP contribution in [0.3, 0.4) is 0 Å². The Morgan fingerprint density at radius 3 is 2.75 bits per heavy atom. The van der Waals surface area contributed by atoms with Crippen LogP contribution in [0.1, 0.15) is 40.9 Å². The van der Waals surface area contributed by atoms with Gasteiger partial charge in [-0.3, -0.25) is 5.10 Å². The molecular formula is C19H20F2N2O. The number of rotatable bonds is 5. The molecule has 1 atom stereocenters. The van der Waals surface area contributed by atoms with Crippen LogP contribution < -0.4 is 0 Å². The molecule has 1 heterocycles. The predicted molar refractivity (Wildman–Crippen MR) is 90.1 cm³/mol. The maximum absolute atomic E-state index is 12.9. The van der Waals surface area contributed by atoms with Crippen molar-refractivity contribution in [3.8, 4) is 5.75 Å². The van der Waals surface area contributed by atoms with Gasteiger partial charge in [0.2, 0.25) is 0 Å². The van der Waals surface area contributed by atoms with Gasteiger partial charge in [-0.15, -0.1) is 0 Å². The molecule has 3 rings (SSSR count). The average Bonchev–Trinajstić information content (AvgIpc) is 3.13. The molecule has 1 aliphatic rings. The molecule has 1 aromatic carbocycles. The molecule has 0 spiro atoms. The minimum atomic E-state index is -2.68. The Labute approximate surface area is 139 Å². The predicted octanol–water partition coefficient (Wildman–Crippen LogP) is 4.87. The number of phenols is 1. The van der Waals surface area contributed by atoms with Gasteiger partial charge >= 0.3 is 0 Å². The molecule has 0 saturated heterocycles. The third-order valence-electron chi connectivity index (χ3n) is 4.52.